The minimum absolute atomic E-state index is 0.0162. The molecule has 2 aliphatic heterocycles. The monoisotopic (exact) mass is 242 g/mol. The molecule has 0 aromatic heterocycles. The van der Waals surface area contributed by atoms with Crippen LogP contribution in [0.4, 0.5) is 0 Å². The molecule has 0 bridgehead atoms. The van der Waals surface area contributed by atoms with Gasteiger partial charge in [-0.05, 0) is 26.7 Å². The van der Waals surface area contributed by atoms with E-state index in [9.17, 15) is 9.90 Å². The molecule has 2 heterocycles. The van der Waals surface area contributed by atoms with E-state index < -0.39 is 11.0 Å². The van der Waals surface area contributed by atoms with Gasteiger partial charge in [0.15, 0.2) is 0 Å². The maximum atomic E-state index is 12.5. The van der Waals surface area contributed by atoms with Gasteiger partial charge in [-0.2, -0.15) is 0 Å². The molecule has 2 aliphatic rings. The van der Waals surface area contributed by atoms with Gasteiger partial charge in [0.25, 0.3) is 0 Å². The first-order chi connectivity index (χ1) is 7.85. The Balaban J connectivity index is 2.09. The first kappa shape index (κ1) is 12.8. The molecule has 0 aromatic carbocycles. The molecule has 0 radical (unpaired) electrons. The third-order valence-corrected chi connectivity index (χ3v) is 3.97. The number of aliphatic hydroxyl groups is 1. The van der Waals surface area contributed by atoms with Crippen molar-refractivity contribution >= 4 is 5.91 Å². The molecule has 3 N–H and O–H groups in total. The van der Waals surface area contributed by atoms with Crippen molar-refractivity contribution in [2.45, 2.75) is 38.3 Å². The Morgan fingerprint density at radius 1 is 1.53 bits per heavy atom. The number of carbonyl (C=O) groups excluding carboxylic acids is 1. The van der Waals surface area contributed by atoms with E-state index in [1.807, 2.05) is 6.92 Å². The van der Waals surface area contributed by atoms with Crippen LogP contribution in [0.3, 0.4) is 0 Å². The van der Waals surface area contributed by atoms with Crippen LogP contribution >= 0.6 is 0 Å². The molecule has 5 heteroatoms. The molecule has 98 valence electrons. The van der Waals surface area contributed by atoms with Gasteiger partial charge >= 0.3 is 0 Å². The van der Waals surface area contributed by atoms with Crippen LogP contribution in [0.1, 0.15) is 26.7 Å². The van der Waals surface area contributed by atoms with Gasteiger partial charge in [0.2, 0.25) is 5.91 Å². The predicted molar refractivity (Wildman–Crippen MR) is 63.3 cm³/mol. The predicted octanol–water partition coefficient (Wildman–Crippen LogP) is -0.276. The van der Waals surface area contributed by atoms with E-state index >= 15 is 0 Å². The minimum Gasteiger partial charge on any atom is -0.388 e. The van der Waals surface area contributed by atoms with Crippen LogP contribution in [0.15, 0.2) is 0 Å². The fourth-order valence-corrected chi connectivity index (χ4v) is 2.66. The van der Waals surface area contributed by atoms with Gasteiger partial charge in [-0.1, -0.05) is 0 Å². The number of ether oxygens (including phenoxy) is 1. The van der Waals surface area contributed by atoms with Crippen LogP contribution in [-0.4, -0.2) is 53.9 Å². The molecule has 0 aromatic rings. The van der Waals surface area contributed by atoms with Gasteiger partial charge in [-0.3, -0.25) is 4.79 Å². The fraction of sp³-hybridized carbons (Fsp3) is 0.917. The summed E-state index contributed by atoms with van der Waals surface area (Å²) >= 11 is 0. The highest BCUT2D eigenvalue weighted by atomic mass is 16.5. The standard InChI is InChI=1S/C12H22N2O3/c1-11(16)4-3-5-14(7-11)10(15)12(2)8-17-6-9(12)13/h9,16H,3-8,13H2,1-2H3. The van der Waals surface area contributed by atoms with Crippen LogP contribution < -0.4 is 5.73 Å². The molecule has 3 atom stereocenters. The normalized spacial score (nSPS) is 42.8. The number of piperidine rings is 1. The largest absolute Gasteiger partial charge is 0.388 e. The minimum atomic E-state index is -0.770. The Labute approximate surface area is 102 Å². The van der Waals surface area contributed by atoms with Gasteiger partial charge in [-0.25, -0.2) is 0 Å². The zero-order valence-corrected chi connectivity index (χ0v) is 10.6. The first-order valence-electron chi connectivity index (χ1n) is 6.20. The first-order valence-corrected chi connectivity index (χ1v) is 6.20. The Bertz CT molecular complexity index is 319. The van der Waals surface area contributed by atoms with Crippen LogP contribution in [-0.2, 0) is 9.53 Å². The topological polar surface area (TPSA) is 75.8 Å². The third-order valence-electron chi connectivity index (χ3n) is 3.97. The summed E-state index contributed by atoms with van der Waals surface area (Å²) in [6.45, 7) is 5.56. The highest BCUT2D eigenvalue weighted by Crippen LogP contribution is 2.32. The van der Waals surface area contributed by atoms with Crippen molar-refractivity contribution in [1.29, 1.82) is 0 Å². The Morgan fingerprint density at radius 3 is 2.76 bits per heavy atom. The Hall–Kier alpha value is -0.650. The maximum absolute atomic E-state index is 12.5. The number of hydrogen-bond donors (Lipinski definition) is 2. The van der Waals surface area contributed by atoms with Crippen LogP contribution in [0.5, 0.6) is 0 Å². The summed E-state index contributed by atoms with van der Waals surface area (Å²) in [6, 6.07) is -0.248. The van der Waals surface area contributed by atoms with Crippen LogP contribution in [0.2, 0.25) is 0 Å². The van der Waals surface area contributed by atoms with E-state index in [2.05, 4.69) is 0 Å². The summed E-state index contributed by atoms with van der Waals surface area (Å²) in [4.78, 5) is 14.2. The molecule has 1 amide bonds. The lowest BCUT2D eigenvalue weighted by Crippen LogP contribution is -2.56. The van der Waals surface area contributed by atoms with E-state index in [0.29, 0.717) is 26.3 Å². The smallest absolute Gasteiger partial charge is 0.232 e. The number of rotatable bonds is 1. The third kappa shape index (κ3) is 2.32. The lowest BCUT2D eigenvalue weighted by atomic mass is 9.83. The van der Waals surface area contributed by atoms with E-state index in [0.717, 1.165) is 12.8 Å². The summed E-state index contributed by atoms with van der Waals surface area (Å²) in [6.07, 6.45) is 1.58. The van der Waals surface area contributed by atoms with E-state index in [1.54, 1.807) is 11.8 Å². The summed E-state index contributed by atoms with van der Waals surface area (Å²) in [5.74, 6) is 0.0162. The summed E-state index contributed by atoms with van der Waals surface area (Å²) in [5.41, 5.74) is 4.55. The quantitative estimate of drug-likeness (QED) is 0.663. The van der Waals surface area contributed by atoms with Gasteiger partial charge in [0, 0.05) is 19.1 Å². The second kappa shape index (κ2) is 4.23. The van der Waals surface area contributed by atoms with Crippen molar-refractivity contribution in [2.24, 2.45) is 11.1 Å². The molecule has 2 rings (SSSR count). The van der Waals surface area contributed by atoms with Crippen molar-refractivity contribution in [1.82, 2.24) is 4.90 Å². The summed E-state index contributed by atoms with van der Waals surface area (Å²) < 4.78 is 5.30. The van der Waals surface area contributed by atoms with Crippen LogP contribution in [0, 0.1) is 5.41 Å². The summed E-state index contributed by atoms with van der Waals surface area (Å²) in [7, 11) is 0. The van der Waals surface area contributed by atoms with Gasteiger partial charge in [0.05, 0.1) is 24.2 Å². The van der Waals surface area contributed by atoms with E-state index in [4.69, 9.17) is 10.5 Å². The van der Waals surface area contributed by atoms with Crippen LogP contribution in [0.25, 0.3) is 0 Å². The van der Waals surface area contributed by atoms with Crippen molar-refractivity contribution in [2.75, 3.05) is 26.3 Å². The molecule has 2 saturated heterocycles. The zero-order valence-electron chi connectivity index (χ0n) is 10.6. The molecule has 3 unspecified atom stereocenters. The number of carbonyl (C=O) groups is 1. The fourth-order valence-electron chi connectivity index (χ4n) is 2.66. The SMILES string of the molecule is CC1(O)CCCN(C(=O)C2(C)COCC2N)C1. The van der Waals surface area contributed by atoms with Crippen molar-refractivity contribution in [3.8, 4) is 0 Å². The number of likely N-dealkylation sites (tertiary alicyclic amines) is 1. The summed E-state index contributed by atoms with van der Waals surface area (Å²) in [5, 5.41) is 10.0. The molecule has 17 heavy (non-hydrogen) atoms. The average molecular weight is 242 g/mol. The zero-order chi connectivity index (χ0) is 12.7. The molecular weight excluding hydrogens is 220 g/mol. The molecule has 2 fully saturated rings. The highest BCUT2D eigenvalue weighted by molar-refractivity contribution is 5.84. The van der Waals surface area contributed by atoms with Gasteiger partial charge < -0.3 is 20.5 Å². The number of hydrogen-bond acceptors (Lipinski definition) is 4. The Kier molecular flexibility index (Phi) is 3.18. The molecule has 0 saturated carbocycles. The number of nitrogens with zero attached hydrogens (tertiary/aromatic N) is 1. The number of β-amino-alcohol motifs (C(OH)–C–C–N with tert-alkyl or cyclic N) is 1. The van der Waals surface area contributed by atoms with Crippen molar-refractivity contribution in [3.63, 3.8) is 0 Å². The molecule has 0 aliphatic carbocycles. The van der Waals surface area contributed by atoms with Gasteiger partial charge in [-0.15, -0.1) is 0 Å². The second-order valence-corrected chi connectivity index (χ2v) is 5.87. The second-order valence-electron chi connectivity index (χ2n) is 5.87. The Morgan fingerprint density at radius 2 is 2.24 bits per heavy atom. The molecule has 5 nitrogen and oxygen atoms in total. The number of amides is 1. The lowest BCUT2D eigenvalue weighted by Gasteiger charge is -2.40. The lowest BCUT2D eigenvalue weighted by molar-refractivity contribution is -0.148. The van der Waals surface area contributed by atoms with Crippen molar-refractivity contribution < 1.29 is 14.6 Å². The number of nitrogens with two attached hydrogens (primary N) is 1. The maximum Gasteiger partial charge on any atom is 0.232 e. The molecular formula is C12H22N2O3. The average Bonchev–Trinajstić information content (AvgIpc) is 2.58. The van der Waals surface area contributed by atoms with E-state index in [-0.39, 0.29) is 11.9 Å². The van der Waals surface area contributed by atoms with Gasteiger partial charge in [0.1, 0.15) is 0 Å². The van der Waals surface area contributed by atoms with Crippen molar-refractivity contribution in [3.05, 3.63) is 0 Å². The highest BCUT2D eigenvalue weighted by Gasteiger charge is 2.47. The van der Waals surface area contributed by atoms with E-state index in [1.165, 1.54) is 0 Å². The molecule has 0 spiro atoms.